The summed E-state index contributed by atoms with van der Waals surface area (Å²) in [5.74, 6) is 0.0552. The molecule has 3 aliphatic heterocycles. The Labute approximate surface area is 233 Å². The number of carbonyl (C=O) groups excluding carboxylic acids is 2. The van der Waals surface area contributed by atoms with Crippen molar-refractivity contribution in [3.8, 4) is 0 Å². The van der Waals surface area contributed by atoms with Gasteiger partial charge in [0, 0.05) is 55.1 Å². The number of benzene rings is 2. The molecule has 0 aliphatic carbocycles. The third-order valence-electron chi connectivity index (χ3n) is 7.87. The number of aliphatic hydroxyl groups is 1. The van der Waals surface area contributed by atoms with Crippen molar-refractivity contribution >= 4 is 29.0 Å². The van der Waals surface area contributed by atoms with Crippen molar-refractivity contribution in [1.29, 1.82) is 0 Å². The number of aryl methyl sites for hydroxylation is 2. The van der Waals surface area contributed by atoms with Crippen LogP contribution < -0.4 is 5.32 Å². The number of carbonyl (C=O) groups is 2. The molecule has 2 N–H and O–H groups in total. The molecule has 2 atom stereocenters. The molecule has 0 aromatic heterocycles. The van der Waals surface area contributed by atoms with Crippen LogP contribution in [0.25, 0.3) is 0 Å². The minimum atomic E-state index is -4.50. The van der Waals surface area contributed by atoms with Gasteiger partial charge in [-0.2, -0.15) is 13.2 Å². The Hall–Kier alpha value is -2.93. The number of alkyl halides is 3. The molecule has 0 radical (unpaired) electrons. The van der Waals surface area contributed by atoms with Gasteiger partial charge in [0.25, 0.3) is 11.8 Å². The van der Waals surface area contributed by atoms with Gasteiger partial charge in [-0.15, -0.1) is 4.31 Å². The Bertz CT molecular complexity index is 1330. The van der Waals surface area contributed by atoms with Crippen LogP contribution >= 0.6 is 0 Å². The van der Waals surface area contributed by atoms with Crippen LogP contribution in [0.5, 0.6) is 0 Å². The number of likely N-dealkylation sites (tertiary alicyclic amines) is 1. The molecule has 5 rings (SSSR count). The zero-order valence-corrected chi connectivity index (χ0v) is 22.9. The summed E-state index contributed by atoms with van der Waals surface area (Å²) in [6, 6.07) is 10.2. The van der Waals surface area contributed by atoms with E-state index in [-0.39, 0.29) is 23.2 Å². The van der Waals surface area contributed by atoms with Crippen LogP contribution in [0.15, 0.2) is 47.5 Å². The predicted molar refractivity (Wildman–Crippen MR) is 144 cm³/mol. The van der Waals surface area contributed by atoms with Crippen LogP contribution in [0.3, 0.4) is 0 Å². The van der Waals surface area contributed by atoms with Crippen LogP contribution in [0.1, 0.15) is 51.9 Å². The number of amidine groups is 1. The zero-order chi connectivity index (χ0) is 28.7. The Morgan fingerprint density at radius 2 is 1.95 bits per heavy atom. The molecule has 2 aromatic carbocycles. The normalized spacial score (nSPS) is 21.9. The quantitative estimate of drug-likeness (QED) is 0.515. The van der Waals surface area contributed by atoms with Crippen LogP contribution in [0.2, 0.25) is 0 Å². The van der Waals surface area contributed by atoms with Gasteiger partial charge in [-0.25, -0.2) is 0 Å². The van der Waals surface area contributed by atoms with E-state index in [2.05, 4.69) is 10.3 Å². The number of halogens is 3. The summed E-state index contributed by atoms with van der Waals surface area (Å²) in [4.78, 5) is 31.7. The van der Waals surface area contributed by atoms with E-state index < -0.39 is 34.7 Å². The molecule has 8 nitrogen and oxygen atoms in total. The first kappa shape index (κ1) is 28.6. The fraction of sp³-hybridized carbons (Fsp3) is 0.464. The van der Waals surface area contributed by atoms with E-state index in [9.17, 15) is 32.4 Å². The number of nitrogens with one attached hydrogen (secondary N) is 1. The molecule has 3 heterocycles. The second-order valence-corrected chi connectivity index (χ2v) is 12.1. The first-order valence-electron chi connectivity index (χ1n) is 13.2. The maximum atomic E-state index is 13.1. The summed E-state index contributed by atoms with van der Waals surface area (Å²) in [5.41, 5.74) is 0.805. The van der Waals surface area contributed by atoms with Crippen LogP contribution in [0.4, 0.5) is 13.2 Å². The molecule has 2 aromatic rings. The fourth-order valence-corrected chi connectivity index (χ4v) is 6.68. The molecule has 0 saturated carbocycles. The van der Waals surface area contributed by atoms with Gasteiger partial charge in [-0.3, -0.25) is 14.6 Å². The van der Waals surface area contributed by atoms with Crippen LogP contribution in [-0.4, -0.2) is 80.1 Å². The molecule has 0 bridgehead atoms. The Kier molecular flexibility index (Phi) is 7.97. The van der Waals surface area contributed by atoms with Gasteiger partial charge in [-0.1, -0.05) is 18.2 Å². The SMILES string of the molecule is Cc1cc(C(=O)N2CC[C@H](O)C2)ccc1CC[S+]([O-])N1CCC2(CC1)N=C(c1cccc(C(F)(F)F)c1)NC2=O. The highest BCUT2D eigenvalue weighted by molar-refractivity contribution is 7.89. The van der Waals surface area contributed by atoms with Gasteiger partial charge in [0.1, 0.15) is 17.1 Å². The number of piperidine rings is 1. The lowest BCUT2D eigenvalue weighted by molar-refractivity contribution is -0.137. The molecular formula is C28H31F3N4O4S. The maximum Gasteiger partial charge on any atom is 0.416 e. The third-order valence-corrected chi connectivity index (χ3v) is 9.36. The second kappa shape index (κ2) is 11.2. The number of aliphatic hydroxyl groups excluding tert-OH is 1. The molecule has 1 unspecified atom stereocenters. The van der Waals surface area contributed by atoms with Crippen molar-refractivity contribution in [1.82, 2.24) is 14.5 Å². The number of rotatable bonds is 6. The largest absolute Gasteiger partial charge is 0.598 e. The van der Waals surface area contributed by atoms with Gasteiger partial charge in [0.2, 0.25) is 0 Å². The van der Waals surface area contributed by atoms with Crippen molar-refractivity contribution in [2.24, 2.45) is 4.99 Å². The van der Waals surface area contributed by atoms with E-state index in [0.717, 1.165) is 23.3 Å². The van der Waals surface area contributed by atoms with Crippen LogP contribution in [-0.2, 0) is 28.8 Å². The summed E-state index contributed by atoms with van der Waals surface area (Å²) in [7, 11) is 0. The Morgan fingerprint density at radius 3 is 2.60 bits per heavy atom. The predicted octanol–water partition coefficient (Wildman–Crippen LogP) is 2.84. The summed E-state index contributed by atoms with van der Waals surface area (Å²) in [5, 5.41) is 12.4. The molecule has 2 amide bonds. The maximum absolute atomic E-state index is 13.1. The topological polar surface area (TPSA) is 108 Å². The number of hydrogen-bond donors (Lipinski definition) is 2. The minimum Gasteiger partial charge on any atom is -0.598 e. The molecule has 2 saturated heterocycles. The Morgan fingerprint density at radius 1 is 1.20 bits per heavy atom. The zero-order valence-electron chi connectivity index (χ0n) is 22.0. The van der Waals surface area contributed by atoms with E-state index in [1.807, 2.05) is 23.4 Å². The fourth-order valence-electron chi connectivity index (χ4n) is 5.44. The van der Waals surface area contributed by atoms with Crippen molar-refractivity contribution < 1.29 is 32.4 Å². The summed E-state index contributed by atoms with van der Waals surface area (Å²) in [6.45, 7) is 3.53. The van der Waals surface area contributed by atoms with Crippen molar-refractivity contribution in [2.75, 3.05) is 31.9 Å². The highest BCUT2D eigenvalue weighted by atomic mass is 32.2. The van der Waals surface area contributed by atoms with Gasteiger partial charge >= 0.3 is 6.18 Å². The molecule has 3 aliphatic rings. The van der Waals surface area contributed by atoms with E-state index in [0.29, 0.717) is 63.2 Å². The first-order valence-corrected chi connectivity index (χ1v) is 14.5. The summed E-state index contributed by atoms with van der Waals surface area (Å²) >= 11 is -1.30. The number of aliphatic imine (C=N–C) groups is 1. The second-order valence-electron chi connectivity index (χ2n) is 10.6. The summed E-state index contributed by atoms with van der Waals surface area (Å²) in [6.07, 6.45) is -3.21. The monoisotopic (exact) mass is 576 g/mol. The number of amides is 2. The average molecular weight is 577 g/mol. The average Bonchev–Trinajstić information content (AvgIpc) is 3.50. The van der Waals surface area contributed by atoms with Gasteiger partial charge in [0.05, 0.1) is 11.7 Å². The lowest BCUT2D eigenvalue weighted by Crippen LogP contribution is -2.50. The summed E-state index contributed by atoms with van der Waals surface area (Å²) < 4.78 is 54.3. The lowest BCUT2D eigenvalue weighted by Gasteiger charge is -2.35. The van der Waals surface area contributed by atoms with Crippen molar-refractivity contribution in [3.63, 3.8) is 0 Å². The van der Waals surface area contributed by atoms with Gasteiger partial charge in [0.15, 0.2) is 0 Å². The number of β-amino-alcohol motifs (C(OH)–C–C–N with tert-alkyl or cyclic N) is 1. The highest BCUT2D eigenvalue weighted by Gasteiger charge is 2.48. The van der Waals surface area contributed by atoms with Crippen molar-refractivity contribution in [3.05, 3.63) is 70.3 Å². The van der Waals surface area contributed by atoms with Crippen molar-refractivity contribution in [2.45, 2.75) is 50.4 Å². The van der Waals surface area contributed by atoms with Crippen LogP contribution in [0, 0.1) is 6.92 Å². The molecule has 214 valence electrons. The molecule has 12 heteroatoms. The molecule has 40 heavy (non-hydrogen) atoms. The van der Waals surface area contributed by atoms with E-state index >= 15 is 0 Å². The van der Waals surface area contributed by atoms with Gasteiger partial charge < -0.3 is 19.9 Å². The molecule has 2 fully saturated rings. The molecular weight excluding hydrogens is 545 g/mol. The standard InChI is InChI=1S/C28H31F3N4O4S/c1-18-15-21(25(37)34-11-7-23(36)17-34)6-5-19(18)8-14-40(39)35-12-9-27(10-13-35)26(38)32-24(33-27)20-3-2-4-22(16-20)28(29,30)31/h2-6,15-16,23,36H,7-14,17H2,1H3,(H,32,33,38)/t23-,40?/m0/s1. The third kappa shape index (κ3) is 5.90. The number of nitrogens with zero attached hydrogens (tertiary/aromatic N) is 3. The van der Waals surface area contributed by atoms with E-state index in [1.165, 1.54) is 12.1 Å². The minimum absolute atomic E-state index is 0.105. The number of hydrogen-bond acceptors (Lipinski definition) is 6. The van der Waals surface area contributed by atoms with E-state index in [4.69, 9.17) is 0 Å². The molecule has 1 spiro atoms. The smallest absolute Gasteiger partial charge is 0.416 e. The Balaban J connectivity index is 1.17. The first-order chi connectivity index (χ1) is 18.9. The van der Waals surface area contributed by atoms with Gasteiger partial charge in [-0.05, 0) is 61.6 Å². The highest BCUT2D eigenvalue weighted by Crippen LogP contribution is 2.34. The lowest BCUT2D eigenvalue weighted by atomic mass is 9.89. The van der Waals surface area contributed by atoms with E-state index in [1.54, 1.807) is 11.0 Å².